The van der Waals surface area contributed by atoms with Crippen molar-refractivity contribution in [3.05, 3.63) is 0 Å². The maximum absolute atomic E-state index is 7.28. The van der Waals surface area contributed by atoms with Crippen molar-refractivity contribution >= 4 is 11.6 Å². The summed E-state index contributed by atoms with van der Waals surface area (Å²) in [5, 5.41) is 0. The maximum atomic E-state index is 7.28. The van der Waals surface area contributed by atoms with E-state index >= 15 is 0 Å². The van der Waals surface area contributed by atoms with Crippen LogP contribution in [0.3, 0.4) is 0 Å². The van der Waals surface area contributed by atoms with Crippen LogP contribution in [0, 0.1) is 34.5 Å². The minimum atomic E-state index is 0.132. The summed E-state index contributed by atoms with van der Waals surface area (Å²) in [6.07, 6.45) is 14.1. The summed E-state index contributed by atoms with van der Waals surface area (Å²) in [7, 11) is 0. The minimum Gasteiger partial charge on any atom is -0.119 e. The molecule has 4 aliphatic rings. The van der Waals surface area contributed by atoms with Crippen LogP contribution < -0.4 is 0 Å². The first kappa shape index (κ1) is 14.9. The van der Waals surface area contributed by atoms with E-state index in [0.717, 1.165) is 23.7 Å². The molecule has 0 spiro atoms. The van der Waals surface area contributed by atoms with Crippen LogP contribution in [0.15, 0.2) is 0 Å². The van der Waals surface area contributed by atoms with Gasteiger partial charge in [-0.25, -0.2) is 0 Å². The Morgan fingerprint density at radius 2 is 1.67 bits per heavy atom. The van der Waals surface area contributed by atoms with Crippen LogP contribution in [0.1, 0.15) is 85.0 Å². The van der Waals surface area contributed by atoms with Crippen molar-refractivity contribution in [3.8, 4) is 0 Å². The van der Waals surface area contributed by atoms with Gasteiger partial charge in [0, 0.05) is 0 Å². The molecule has 4 saturated carbocycles. The Morgan fingerprint density at radius 1 is 0.905 bits per heavy atom. The molecule has 21 heavy (non-hydrogen) atoms. The molecule has 4 fully saturated rings. The number of halogens is 1. The highest BCUT2D eigenvalue weighted by atomic mass is 35.5. The van der Waals surface area contributed by atoms with Crippen molar-refractivity contribution in [1.29, 1.82) is 0 Å². The number of rotatable bonds is 0. The first-order chi connectivity index (χ1) is 9.90. The van der Waals surface area contributed by atoms with Crippen molar-refractivity contribution in [1.82, 2.24) is 0 Å². The Morgan fingerprint density at radius 3 is 2.48 bits per heavy atom. The third-order valence-corrected chi connectivity index (χ3v) is 9.50. The normalized spacial score (nSPS) is 60.0. The van der Waals surface area contributed by atoms with Gasteiger partial charge in [-0.05, 0) is 79.4 Å². The highest BCUT2D eigenvalue weighted by molar-refractivity contribution is 6.24. The predicted molar refractivity (Wildman–Crippen MR) is 90.6 cm³/mol. The second-order valence-electron chi connectivity index (χ2n) is 9.65. The summed E-state index contributed by atoms with van der Waals surface area (Å²) in [6, 6.07) is 0. The van der Waals surface area contributed by atoms with E-state index in [-0.39, 0.29) is 4.87 Å². The summed E-state index contributed by atoms with van der Waals surface area (Å²) in [5.74, 6) is 3.78. The molecule has 0 bridgehead atoms. The lowest BCUT2D eigenvalue weighted by molar-refractivity contribution is -0.120. The predicted octanol–water partition coefficient (Wildman–Crippen LogP) is 6.42. The number of alkyl halides is 1. The molecule has 0 aromatic carbocycles. The second-order valence-corrected chi connectivity index (χ2v) is 10.4. The highest BCUT2D eigenvalue weighted by Gasteiger charge is 2.63. The number of hydrogen-bond acceptors (Lipinski definition) is 0. The molecule has 0 aromatic rings. The average molecular weight is 309 g/mol. The van der Waals surface area contributed by atoms with E-state index < -0.39 is 0 Å². The lowest BCUT2D eigenvalue weighted by atomic mass is 9.43. The lowest BCUT2D eigenvalue weighted by Gasteiger charge is -2.65. The molecule has 4 rings (SSSR count). The van der Waals surface area contributed by atoms with Gasteiger partial charge in [0.05, 0.1) is 4.87 Å². The summed E-state index contributed by atoms with van der Waals surface area (Å²) in [5.41, 5.74) is 1.08. The molecular weight excluding hydrogens is 276 g/mol. The number of fused-ring (bicyclic) bond motifs is 5. The molecule has 0 aromatic heterocycles. The van der Waals surface area contributed by atoms with Gasteiger partial charge in [-0.15, -0.1) is 11.6 Å². The molecule has 0 radical (unpaired) electrons. The Bertz CT molecular complexity index is 432. The van der Waals surface area contributed by atoms with Crippen molar-refractivity contribution in [2.24, 2.45) is 34.5 Å². The Labute approximate surface area is 136 Å². The van der Waals surface area contributed by atoms with Gasteiger partial charge >= 0.3 is 0 Å². The van der Waals surface area contributed by atoms with Crippen LogP contribution in [0.4, 0.5) is 0 Å². The fourth-order valence-corrected chi connectivity index (χ4v) is 8.40. The highest BCUT2D eigenvalue weighted by Crippen LogP contribution is 2.69. The molecular formula is C20H33Cl. The van der Waals surface area contributed by atoms with E-state index in [9.17, 15) is 0 Å². The topological polar surface area (TPSA) is 0 Å². The molecule has 120 valence electrons. The Kier molecular flexibility index (Phi) is 3.29. The molecule has 0 heterocycles. The Balaban J connectivity index is 1.73. The smallest absolute Gasteiger partial charge is 0.0503 e. The summed E-state index contributed by atoms with van der Waals surface area (Å²) >= 11 is 7.28. The van der Waals surface area contributed by atoms with E-state index in [1.165, 1.54) is 64.2 Å². The van der Waals surface area contributed by atoms with Gasteiger partial charge < -0.3 is 0 Å². The van der Waals surface area contributed by atoms with Gasteiger partial charge in [0.2, 0.25) is 0 Å². The summed E-state index contributed by atoms with van der Waals surface area (Å²) in [6.45, 7) is 7.77. The van der Waals surface area contributed by atoms with Gasteiger partial charge in [-0.3, -0.25) is 0 Å². The zero-order valence-electron chi connectivity index (χ0n) is 14.3. The zero-order chi connectivity index (χ0) is 14.9. The van der Waals surface area contributed by atoms with Crippen LogP contribution in [-0.2, 0) is 0 Å². The first-order valence-corrected chi connectivity index (χ1v) is 9.96. The minimum absolute atomic E-state index is 0.132. The molecule has 0 saturated heterocycles. The van der Waals surface area contributed by atoms with Crippen molar-refractivity contribution in [2.45, 2.75) is 89.9 Å². The van der Waals surface area contributed by atoms with Gasteiger partial charge in [-0.2, -0.15) is 0 Å². The molecule has 0 aliphatic heterocycles. The van der Waals surface area contributed by atoms with E-state index in [0.29, 0.717) is 10.8 Å². The number of hydrogen-bond donors (Lipinski definition) is 0. The fourth-order valence-electron chi connectivity index (χ4n) is 7.94. The molecule has 0 amide bonds. The SMILES string of the molecule is C[C@H]1C[C@]2(C)CCC[C@H]2[C@@H]2CCC3(Cl)CCCC[C@]3(C)[C@H]21. The largest absolute Gasteiger partial charge is 0.119 e. The molecule has 7 atom stereocenters. The molecule has 1 unspecified atom stereocenters. The van der Waals surface area contributed by atoms with Crippen LogP contribution in [-0.4, -0.2) is 4.87 Å². The lowest BCUT2D eigenvalue weighted by Crippen LogP contribution is -2.60. The third-order valence-electron chi connectivity index (χ3n) is 8.69. The monoisotopic (exact) mass is 308 g/mol. The van der Waals surface area contributed by atoms with Crippen LogP contribution in [0.2, 0.25) is 0 Å². The van der Waals surface area contributed by atoms with Gasteiger partial charge in [-0.1, -0.05) is 40.0 Å². The van der Waals surface area contributed by atoms with Gasteiger partial charge in [0.25, 0.3) is 0 Å². The van der Waals surface area contributed by atoms with Crippen molar-refractivity contribution in [2.75, 3.05) is 0 Å². The van der Waals surface area contributed by atoms with Gasteiger partial charge in [0.15, 0.2) is 0 Å². The van der Waals surface area contributed by atoms with E-state index in [2.05, 4.69) is 20.8 Å². The van der Waals surface area contributed by atoms with Crippen molar-refractivity contribution in [3.63, 3.8) is 0 Å². The third kappa shape index (κ3) is 1.87. The summed E-state index contributed by atoms with van der Waals surface area (Å²) < 4.78 is 0. The van der Waals surface area contributed by atoms with Crippen molar-refractivity contribution < 1.29 is 0 Å². The summed E-state index contributed by atoms with van der Waals surface area (Å²) in [4.78, 5) is 0.132. The van der Waals surface area contributed by atoms with Crippen LogP contribution >= 0.6 is 11.6 Å². The maximum Gasteiger partial charge on any atom is 0.0503 e. The molecule has 1 heteroatoms. The van der Waals surface area contributed by atoms with E-state index in [4.69, 9.17) is 11.6 Å². The molecule has 4 aliphatic carbocycles. The standard InChI is InChI=1S/C20H33Cl/c1-14-13-18(2)9-6-7-16(18)15-8-12-20(21)11-5-4-10-19(20,3)17(14)15/h14-17H,4-13H2,1-3H3/t14-,15-,16-,17-,18-,19+,20?/m0/s1. The molecule has 0 N–H and O–H groups in total. The Hall–Kier alpha value is 0.290. The zero-order valence-corrected chi connectivity index (χ0v) is 15.0. The van der Waals surface area contributed by atoms with Crippen LogP contribution in [0.25, 0.3) is 0 Å². The first-order valence-electron chi connectivity index (χ1n) is 9.59. The van der Waals surface area contributed by atoms with E-state index in [1.807, 2.05) is 0 Å². The van der Waals surface area contributed by atoms with Crippen LogP contribution in [0.5, 0.6) is 0 Å². The second kappa shape index (κ2) is 4.65. The van der Waals surface area contributed by atoms with Gasteiger partial charge in [0.1, 0.15) is 0 Å². The average Bonchev–Trinajstić information content (AvgIpc) is 2.80. The van der Waals surface area contributed by atoms with E-state index in [1.54, 1.807) is 0 Å². The quantitative estimate of drug-likeness (QED) is 0.453. The molecule has 0 nitrogen and oxygen atoms in total. The fraction of sp³-hybridized carbons (Fsp3) is 1.00.